The van der Waals surface area contributed by atoms with Crippen molar-refractivity contribution >= 4 is 39.7 Å². The smallest absolute Gasteiger partial charge is 0.159 e. The first-order valence-corrected chi connectivity index (χ1v) is 12.6. The van der Waals surface area contributed by atoms with Crippen molar-refractivity contribution in [3.05, 3.63) is 94.2 Å². The highest BCUT2D eigenvalue weighted by molar-refractivity contribution is 6.32. The van der Waals surface area contributed by atoms with Gasteiger partial charge in [0.2, 0.25) is 0 Å². The highest BCUT2D eigenvalue weighted by Gasteiger charge is 2.16. The maximum atomic E-state index is 13.2. The van der Waals surface area contributed by atoms with E-state index in [1.165, 1.54) is 21.0 Å². The number of carbonyl (C=O) groups excluding carboxylic acids is 1. The number of allylic oxidation sites excluding steroid dienone is 1. The zero-order valence-corrected chi connectivity index (χ0v) is 23.3. The van der Waals surface area contributed by atoms with Gasteiger partial charge in [0.25, 0.3) is 0 Å². The maximum Gasteiger partial charge on any atom is 0.159 e. The Bertz CT molecular complexity index is 2220. The number of hydrogen-bond donors (Lipinski definition) is 1. The Morgan fingerprint density at radius 1 is 1.24 bits per heavy atom. The van der Waals surface area contributed by atoms with Crippen LogP contribution in [-0.4, -0.2) is 47.9 Å². The van der Waals surface area contributed by atoms with Crippen LogP contribution in [0.4, 0.5) is 11.4 Å². The highest BCUT2D eigenvalue weighted by atomic mass is 35.5. The molecule has 0 amide bonds. The van der Waals surface area contributed by atoms with Gasteiger partial charge in [0.1, 0.15) is 24.2 Å². The van der Waals surface area contributed by atoms with Crippen molar-refractivity contribution in [2.45, 2.75) is 26.9 Å². The molecule has 9 heteroatoms. The van der Waals surface area contributed by atoms with Gasteiger partial charge in [-0.15, -0.1) is 0 Å². The number of hydrogen-bond acceptors (Lipinski definition) is 8. The van der Waals surface area contributed by atoms with Crippen molar-refractivity contribution in [1.29, 1.82) is 5.26 Å². The number of aromatic nitrogens is 2. The summed E-state index contributed by atoms with van der Waals surface area (Å²) < 4.78 is 112. The molecule has 2 aromatic heterocycles. The quantitative estimate of drug-likeness (QED) is 0.191. The van der Waals surface area contributed by atoms with Crippen molar-refractivity contribution in [3.8, 4) is 17.6 Å². The lowest BCUT2D eigenvalue weighted by atomic mass is 10.0. The fourth-order valence-electron chi connectivity index (χ4n) is 3.44. The summed E-state index contributed by atoms with van der Waals surface area (Å²) in [5.74, 6) is -1.63. The molecular formula is C32H32ClN5O3. The average molecular weight is 582 g/mol. The first-order chi connectivity index (χ1) is 24.7. The van der Waals surface area contributed by atoms with E-state index in [0.717, 1.165) is 11.0 Å². The molecule has 1 N–H and O–H groups in total. The lowest BCUT2D eigenvalue weighted by molar-refractivity contribution is -0.114. The minimum atomic E-state index is -2.17. The number of anilines is 2. The van der Waals surface area contributed by atoms with Gasteiger partial charge in [-0.2, -0.15) is 5.26 Å². The van der Waals surface area contributed by atoms with E-state index in [1.54, 1.807) is 13.0 Å². The van der Waals surface area contributed by atoms with Crippen molar-refractivity contribution in [3.63, 3.8) is 0 Å². The number of nitriles is 1. The molecule has 41 heavy (non-hydrogen) atoms. The van der Waals surface area contributed by atoms with Gasteiger partial charge >= 0.3 is 0 Å². The van der Waals surface area contributed by atoms with Crippen LogP contribution >= 0.6 is 11.6 Å². The molecule has 4 rings (SSSR count). The van der Waals surface area contributed by atoms with Crippen LogP contribution in [-0.2, 0) is 17.8 Å². The van der Waals surface area contributed by atoms with Gasteiger partial charge in [0.05, 0.1) is 47.8 Å². The van der Waals surface area contributed by atoms with Gasteiger partial charge in [-0.05, 0) is 70.2 Å². The third kappa shape index (κ3) is 7.82. The molecule has 0 saturated heterocycles. The predicted molar refractivity (Wildman–Crippen MR) is 162 cm³/mol. The zero-order chi connectivity index (χ0) is 39.9. The Kier molecular flexibility index (Phi) is 5.83. The lowest BCUT2D eigenvalue weighted by Crippen LogP contribution is -2.11. The van der Waals surface area contributed by atoms with Crippen LogP contribution in [0, 0.1) is 18.3 Å². The van der Waals surface area contributed by atoms with Gasteiger partial charge in [-0.1, -0.05) is 23.7 Å². The second kappa shape index (κ2) is 13.8. The van der Waals surface area contributed by atoms with Crippen LogP contribution in [0.5, 0.6) is 11.5 Å². The van der Waals surface area contributed by atoms with Crippen molar-refractivity contribution in [1.82, 2.24) is 14.9 Å². The van der Waals surface area contributed by atoms with Crippen molar-refractivity contribution in [2.24, 2.45) is 0 Å². The molecule has 0 saturated carbocycles. The summed E-state index contributed by atoms with van der Waals surface area (Å²) in [5, 5.41) is 12.0. The minimum Gasteiger partial charge on any atom is -0.494 e. The largest absolute Gasteiger partial charge is 0.494 e. The molecule has 0 unspecified atom stereocenters. The lowest BCUT2D eigenvalue weighted by Gasteiger charge is -2.16. The molecule has 2 aromatic carbocycles. The monoisotopic (exact) mass is 581 g/mol. The van der Waals surface area contributed by atoms with Gasteiger partial charge in [-0.25, -0.2) is 0 Å². The Hall–Kier alpha value is -4.45. The number of carbonyl (C=O) groups is 1. The molecule has 2 heterocycles. The number of fused-ring (bicyclic) bond motifs is 1. The van der Waals surface area contributed by atoms with Gasteiger partial charge in [0, 0.05) is 50.2 Å². The number of rotatable bonds is 12. The van der Waals surface area contributed by atoms with E-state index in [2.05, 4.69) is 15.3 Å². The molecule has 0 spiro atoms. The molecule has 0 aliphatic heterocycles. The van der Waals surface area contributed by atoms with Gasteiger partial charge < -0.3 is 19.7 Å². The Morgan fingerprint density at radius 2 is 2.07 bits per heavy atom. The minimum absolute atomic E-state index is 0.0257. The number of ether oxygens (including phenoxy) is 2. The van der Waals surface area contributed by atoms with E-state index in [9.17, 15) is 10.1 Å². The molecule has 0 radical (unpaired) electrons. The number of nitrogens with one attached hydrogen (secondary N) is 1. The highest BCUT2D eigenvalue weighted by Crippen LogP contribution is 2.36. The van der Waals surface area contributed by atoms with Crippen LogP contribution < -0.4 is 14.8 Å². The molecule has 8 nitrogen and oxygen atoms in total. The molecule has 4 aromatic rings. The van der Waals surface area contributed by atoms with E-state index >= 15 is 0 Å². The van der Waals surface area contributed by atoms with E-state index in [0.29, 0.717) is 0 Å². The standard InChI is InChI=1S/C32H32ClN5O3/c1-5-40-31-17-29-27(15-22(31)14-26(39)10-7-13-38(3)4)32(23(18-34)19-35-29)37-24-11-12-30(28(33)16-24)41-20-25-9-6-8-21(2)36-25/h6-12,15-17,19H,5,13-14,20H2,1-4H3,(H,35,37)/b10-7+/i6D,8D,9D,10D,11D,12D,13D2,15D,16D,17D,19D. The van der Waals surface area contributed by atoms with Crippen LogP contribution in [0.15, 0.2) is 66.6 Å². The SMILES string of the molecule is [2H]/C(=C\C([2H])([2H])N(C)C)C(=O)Cc1c(OCC)c([2H])c2nc([2H])c(C#N)c(Nc3c([2H])c([2H])c(OCc4nc(C)c([2H])c([2H])c4[2H])c(Cl)c3[2H])c2c1[2H]. The molecular weight excluding hydrogens is 538 g/mol. The third-order valence-electron chi connectivity index (χ3n) is 5.18. The molecule has 0 aliphatic carbocycles. The predicted octanol–water partition coefficient (Wildman–Crippen LogP) is 6.41. The maximum absolute atomic E-state index is 13.2. The van der Waals surface area contributed by atoms with Crippen molar-refractivity contribution < 1.29 is 30.7 Å². The van der Waals surface area contributed by atoms with Crippen LogP contribution in [0.1, 0.15) is 45.9 Å². The Morgan fingerprint density at radius 3 is 2.83 bits per heavy atom. The normalized spacial score (nSPS) is 15.9. The van der Waals surface area contributed by atoms with Gasteiger partial charge in [0.15, 0.2) is 5.78 Å². The molecule has 0 bridgehead atoms. The number of aryl methyl sites for hydroxylation is 1. The summed E-state index contributed by atoms with van der Waals surface area (Å²) in [6.07, 6.45) is -0.566. The summed E-state index contributed by atoms with van der Waals surface area (Å²) in [7, 11) is 2.83. The van der Waals surface area contributed by atoms with Crippen molar-refractivity contribution in [2.75, 3.05) is 32.5 Å². The Balaban J connectivity index is 1.91. The summed E-state index contributed by atoms with van der Waals surface area (Å²) in [6.45, 7) is 0.364. The number of halogens is 1. The first-order valence-electron chi connectivity index (χ1n) is 18.2. The molecule has 210 valence electrons. The number of likely N-dealkylation sites (N-methyl/N-ethyl adjacent to an activating group) is 1. The fraction of sp³-hybridized carbons (Fsp3) is 0.250. The summed E-state index contributed by atoms with van der Waals surface area (Å²) >= 11 is 6.47. The summed E-state index contributed by atoms with van der Waals surface area (Å²) in [5.41, 5.74) is -1.74. The number of benzene rings is 2. The molecule has 0 atom stereocenters. The van der Waals surface area contributed by atoms with Crippen LogP contribution in [0.25, 0.3) is 10.9 Å². The van der Waals surface area contributed by atoms with E-state index in [4.69, 9.17) is 37.5 Å². The fourth-order valence-corrected chi connectivity index (χ4v) is 3.64. The molecule has 0 aliphatic rings. The second-order valence-corrected chi connectivity index (χ2v) is 8.92. The number of pyridine rings is 2. The number of nitrogens with zero attached hydrogens (tertiary/aromatic N) is 4. The number of ketones is 1. The van der Waals surface area contributed by atoms with E-state index in [1.807, 2.05) is 0 Å². The van der Waals surface area contributed by atoms with Crippen LogP contribution in [0.3, 0.4) is 0 Å². The zero-order valence-electron chi connectivity index (χ0n) is 34.6. The van der Waals surface area contributed by atoms with E-state index < -0.39 is 102 Å². The van der Waals surface area contributed by atoms with Gasteiger partial charge in [-0.3, -0.25) is 14.8 Å². The van der Waals surface area contributed by atoms with Crippen LogP contribution in [0.2, 0.25) is 5.02 Å². The topological polar surface area (TPSA) is 100 Å². The first kappa shape index (κ1) is 17.4. The molecule has 0 fully saturated rings. The summed E-state index contributed by atoms with van der Waals surface area (Å²) in [6, 6.07) is -2.88. The third-order valence-corrected chi connectivity index (χ3v) is 5.45. The average Bonchev–Trinajstić information content (AvgIpc) is 3.10. The summed E-state index contributed by atoms with van der Waals surface area (Å²) in [4.78, 5) is 22.5. The Labute approximate surface area is 262 Å². The van der Waals surface area contributed by atoms with E-state index in [-0.39, 0.29) is 51.9 Å². The second-order valence-electron chi connectivity index (χ2n) is 8.54.